The van der Waals surface area contributed by atoms with Gasteiger partial charge >= 0.3 is 6.09 Å². The predicted molar refractivity (Wildman–Crippen MR) is 117 cm³/mol. The van der Waals surface area contributed by atoms with E-state index in [0.29, 0.717) is 5.92 Å². The zero-order chi connectivity index (χ0) is 21.3. The van der Waals surface area contributed by atoms with E-state index in [1.54, 1.807) is 0 Å². The average Bonchev–Trinajstić information content (AvgIpc) is 3.47. The number of carbonyl (C=O) groups excluding carboxylic acids is 1. The van der Waals surface area contributed by atoms with Crippen LogP contribution in [0.3, 0.4) is 0 Å². The molecule has 168 valence electrons. The summed E-state index contributed by atoms with van der Waals surface area (Å²) in [5.74, 6) is 2.22. The van der Waals surface area contributed by atoms with Crippen LogP contribution in [0.25, 0.3) is 0 Å². The largest absolute Gasteiger partial charge is 0.444 e. The van der Waals surface area contributed by atoms with Gasteiger partial charge in [0, 0.05) is 46.4 Å². The van der Waals surface area contributed by atoms with Crippen LogP contribution < -0.4 is 5.32 Å². The molecule has 0 spiro atoms. The molecule has 1 saturated carbocycles. The van der Waals surface area contributed by atoms with Crippen molar-refractivity contribution in [1.29, 1.82) is 0 Å². The topological polar surface area (TPSA) is 66.4 Å². The Labute approximate surface area is 177 Å². The van der Waals surface area contributed by atoms with E-state index in [0.717, 1.165) is 77.1 Å². The number of carbonyl (C=O) groups is 1. The molecule has 1 unspecified atom stereocenters. The molecule has 0 bridgehead atoms. The standard InChI is InChI=1S/C22H42N4O3/c1-6-23-20(25(5)14-15-28-17-19-9-10-19)24-12-11-18-8-7-13-26(16-18)21(27)29-22(2,3)4/h18-19H,6-17H2,1-5H3,(H,23,24). The number of amides is 1. The van der Waals surface area contributed by atoms with Gasteiger partial charge in [-0.05, 0) is 71.6 Å². The van der Waals surface area contributed by atoms with E-state index in [9.17, 15) is 4.79 Å². The lowest BCUT2D eigenvalue weighted by Gasteiger charge is -2.34. The first-order valence-electron chi connectivity index (χ1n) is 11.3. The molecular weight excluding hydrogens is 368 g/mol. The summed E-state index contributed by atoms with van der Waals surface area (Å²) in [5, 5.41) is 3.37. The van der Waals surface area contributed by atoms with Crippen molar-refractivity contribution in [3.63, 3.8) is 0 Å². The maximum Gasteiger partial charge on any atom is 0.410 e. The Hall–Kier alpha value is -1.50. The number of nitrogens with zero attached hydrogens (tertiary/aromatic N) is 3. The van der Waals surface area contributed by atoms with Crippen LogP contribution >= 0.6 is 0 Å². The molecule has 2 rings (SSSR count). The van der Waals surface area contributed by atoms with E-state index in [1.165, 1.54) is 12.8 Å². The Morgan fingerprint density at radius 3 is 2.66 bits per heavy atom. The first-order chi connectivity index (χ1) is 13.8. The number of hydrogen-bond acceptors (Lipinski definition) is 4. The number of hydrogen-bond donors (Lipinski definition) is 1. The van der Waals surface area contributed by atoms with Crippen LogP contribution in [0.15, 0.2) is 4.99 Å². The molecule has 0 aromatic carbocycles. The highest BCUT2D eigenvalue weighted by molar-refractivity contribution is 5.79. The Kier molecular flexibility index (Phi) is 9.53. The van der Waals surface area contributed by atoms with Gasteiger partial charge < -0.3 is 24.6 Å². The fourth-order valence-electron chi connectivity index (χ4n) is 3.46. The molecule has 0 radical (unpaired) electrons. The van der Waals surface area contributed by atoms with Crippen LogP contribution in [0.1, 0.15) is 59.8 Å². The van der Waals surface area contributed by atoms with Gasteiger partial charge in [-0.1, -0.05) is 0 Å². The average molecular weight is 411 g/mol. The maximum absolute atomic E-state index is 12.3. The third kappa shape index (κ3) is 9.70. The molecule has 1 N–H and O–H groups in total. The molecule has 2 aliphatic rings. The molecule has 0 aromatic heterocycles. The molecule has 1 heterocycles. The van der Waals surface area contributed by atoms with E-state index in [1.807, 2.05) is 25.7 Å². The van der Waals surface area contributed by atoms with Crippen molar-refractivity contribution in [1.82, 2.24) is 15.1 Å². The second-order valence-electron chi connectivity index (χ2n) is 9.40. The Bertz CT molecular complexity index is 529. The summed E-state index contributed by atoms with van der Waals surface area (Å²) in [6.45, 7) is 13.5. The highest BCUT2D eigenvalue weighted by Crippen LogP contribution is 2.28. The zero-order valence-electron chi connectivity index (χ0n) is 19.2. The quantitative estimate of drug-likeness (QED) is 0.359. The third-order valence-electron chi connectivity index (χ3n) is 5.29. The minimum absolute atomic E-state index is 0.190. The van der Waals surface area contributed by atoms with Gasteiger partial charge in [0.1, 0.15) is 5.60 Å². The molecule has 1 amide bonds. The van der Waals surface area contributed by atoms with Crippen molar-refractivity contribution in [3.05, 3.63) is 0 Å². The molecule has 1 aliphatic heterocycles. The second-order valence-corrected chi connectivity index (χ2v) is 9.40. The Balaban J connectivity index is 1.74. The van der Waals surface area contributed by atoms with Crippen LogP contribution in [-0.4, -0.2) is 80.4 Å². The number of ether oxygens (including phenoxy) is 2. The van der Waals surface area contributed by atoms with E-state index in [2.05, 4.69) is 24.2 Å². The van der Waals surface area contributed by atoms with Gasteiger partial charge in [0.2, 0.25) is 0 Å². The normalized spacial score (nSPS) is 20.5. The number of nitrogens with one attached hydrogen (secondary N) is 1. The van der Waals surface area contributed by atoms with E-state index < -0.39 is 5.60 Å². The van der Waals surface area contributed by atoms with E-state index >= 15 is 0 Å². The summed E-state index contributed by atoms with van der Waals surface area (Å²) in [6, 6.07) is 0. The monoisotopic (exact) mass is 410 g/mol. The predicted octanol–water partition coefficient (Wildman–Crippen LogP) is 3.35. The first kappa shape index (κ1) is 23.8. The minimum atomic E-state index is -0.442. The molecule has 1 atom stereocenters. The SMILES string of the molecule is CCNC(=NCCC1CCCN(C(=O)OC(C)(C)C)C1)N(C)CCOCC1CC1. The lowest BCUT2D eigenvalue weighted by Crippen LogP contribution is -2.43. The highest BCUT2D eigenvalue weighted by Gasteiger charge is 2.27. The number of guanidine groups is 1. The molecule has 1 saturated heterocycles. The van der Waals surface area contributed by atoms with Crippen molar-refractivity contribution < 1.29 is 14.3 Å². The van der Waals surface area contributed by atoms with Gasteiger partial charge in [-0.15, -0.1) is 0 Å². The summed E-state index contributed by atoms with van der Waals surface area (Å²) in [5.41, 5.74) is -0.442. The summed E-state index contributed by atoms with van der Waals surface area (Å²) in [6.07, 6.45) is 5.63. The molecule has 7 nitrogen and oxygen atoms in total. The minimum Gasteiger partial charge on any atom is -0.444 e. The van der Waals surface area contributed by atoms with Crippen LogP contribution in [0.5, 0.6) is 0 Å². The van der Waals surface area contributed by atoms with Crippen molar-refractivity contribution >= 4 is 12.1 Å². The molecular formula is C22H42N4O3. The smallest absolute Gasteiger partial charge is 0.410 e. The molecule has 29 heavy (non-hydrogen) atoms. The number of piperidine rings is 1. The first-order valence-corrected chi connectivity index (χ1v) is 11.3. The molecule has 0 aromatic rings. The number of rotatable bonds is 9. The van der Waals surface area contributed by atoms with E-state index in [-0.39, 0.29) is 6.09 Å². The van der Waals surface area contributed by atoms with Crippen molar-refractivity contribution in [3.8, 4) is 0 Å². The molecule has 2 fully saturated rings. The van der Waals surface area contributed by atoms with Crippen molar-refractivity contribution in [2.45, 2.75) is 65.4 Å². The van der Waals surface area contributed by atoms with Gasteiger partial charge in [-0.2, -0.15) is 0 Å². The van der Waals surface area contributed by atoms with Gasteiger partial charge in [0.15, 0.2) is 5.96 Å². The fraction of sp³-hybridized carbons (Fsp3) is 0.909. The summed E-state index contributed by atoms with van der Waals surface area (Å²) >= 11 is 0. The Morgan fingerprint density at radius 2 is 2.00 bits per heavy atom. The fourth-order valence-corrected chi connectivity index (χ4v) is 3.46. The number of aliphatic imine (C=N–C) groups is 1. The Morgan fingerprint density at radius 1 is 1.24 bits per heavy atom. The van der Waals surface area contributed by atoms with Crippen LogP contribution in [0.2, 0.25) is 0 Å². The van der Waals surface area contributed by atoms with E-state index in [4.69, 9.17) is 14.5 Å². The van der Waals surface area contributed by atoms with Crippen LogP contribution in [0, 0.1) is 11.8 Å². The number of likely N-dealkylation sites (tertiary alicyclic amines) is 1. The summed E-state index contributed by atoms with van der Waals surface area (Å²) in [4.78, 5) is 21.1. The zero-order valence-corrected chi connectivity index (χ0v) is 19.2. The lowest BCUT2D eigenvalue weighted by molar-refractivity contribution is 0.0163. The number of likely N-dealkylation sites (N-methyl/N-ethyl adjacent to an activating group) is 1. The molecule has 1 aliphatic carbocycles. The van der Waals surface area contributed by atoms with Crippen molar-refractivity contribution in [2.24, 2.45) is 16.8 Å². The second kappa shape index (κ2) is 11.6. The van der Waals surface area contributed by atoms with Gasteiger partial charge in [0.05, 0.1) is 6.61 Å². The van der Waals surface area contributed by atoms with Crippen molar-refractivity contribution in [2.75, 3.05) is 53.0 Å². The maximum atomic E-state index is 12.3. The van der Waals surface area contributed by atoms with Gasteiger partial charge in [0.25, 0.3) is 0 Å². The summed E-state index contributed by atoms with van der Waals surface area (Å²) in [7, 11) is 2.06. The molecule has 7 heteroatoms. The third-order valence-corrected chi connectivity index (χ3v) is 5.29. The van der Waals surface area contributed by atoms with Crippen LogP contribution in [-0.2, 0) is 9.47 Å². The lowest BCUT2D eigenvalue weighted by atomic mass is 9.95. The van der Waals surface area contributed by atoms with Gasteiger partial charge in [-0.25, -0.2) is 4.79 Å². The van der Waals surface area contributed by atoms with Gasteiger partial charge in [-0.3, -0.25) is 4.99 Å². The highest BCUT2D eigenvalue weighted by atomic mass is 16.6. The summed E-state index contributed by atoms with van der Waals surface area (Å²) < 4.78 is 11.3. The van der Waals surface area contributed by atoms with Crippen LogP contribution in [0.4, 0.5) is 4.79 Å².